The lowest BCUT2D eigenvalue weighted by atomic mass is 10.2. The van der Waals surface area contributed by atoms with Crippen LogP contribution in [-0.4, -0.2) is 26.6 Å². The monoisotopic (exact) mass is 367 g/mol. The third-order valence-electron chi connectivity index (χ3n) is 3.92. The van der Waals surface area contributed by atoms with Crippen LogP contribution < -0.4 is 4.90 Å². The molecule has 0 radical (unpaired) electrons. The van der Waals surface area contributed by atoms with Gasteiger partial charge in [0, 0.05) is 17.3 Å². The molecule has 4 nitrogen and oxygen atoms in total. The van der Waals surface area contributed by atoms with Crippen LogP contribution in [0, 0.1) is 5.82 Å². The molecule has 1 aliphatic rings. The highest BCUT2D eigenvalue weighted by Crippen LogP contribution is 2.28. The molecular weight excluding hydrogens is 353 g/mol. The molecule has 0 saturated carbocycles. The molecule has 0 unspecified atom stereocenters. The van der Waals surface area contributed by atoms with Gasteiger partial charge in [-0.1, -0.05) is 35.9 Å². The average molecular weight is 368 g/mol. The lowest BCUT2D eigenvalue weighted by Crippen LogP contribution is -2.34. The number of hydrogen-bond acceptors (Lipinski definition) is 3. The summed E-state index contributed by atoms with van der Waals surface area (Å²) in [4.78, 5) is 13.9. The number of carbonyl (C=O) groups excluding carboxylic acids is 1. The first-order chi connectivity index (χ1) is 11.4. The molecule has 1 amide bonds. The predicted molar refractivity (Wildman–Crippen MR) is 91.4 cm³/mol. The van der Waals surface area contributed by atoms with Gasteiger partial charge >= 0.3 is 0 Å². The second-order valence-corrected chi connectivity index (χ2v) is 8.16. The summed E-state index contributed by atoms with van der Waals surface area (Å²) in [6, 6.07) is 11.0. The van der Waals surface area contributed by atoms with Gasteiger partial charge in [-0.25, -0.2) is 12.8 Å². The van der Waals surface area contributed by atoms with E-state index in [0.29, 0.717) is 13.0 Å². The van der Waals surface area contributed by atoms with E-state index in [9.17, 15) is 17.6 Å². The summed E-state index contributed by atoms with van der Waals surface area (Å²) in [6.07, 6.45) is 0.714. The highest BCUT2D eigenvalue weighted by molar-refractivity contribution is 7.91. The summed E-state index contributed by atoms with van der Waals surface area (Å²) < 4.78 is 37.7. The van der Waals surface area contributed by atoms with Gasteiger partial charge in [-0.3, -0.25) is 4.79 Å². The largest absolute Gasteiger partial charge is 0.311 e. The van der Waals surface area contributed by atoms with Crippen LogP contribution in [0.25, 0.3) is 0 Å². The molecule has 0 aliphatic carbocycles. The molecule has 0 spiro atoms. The van der Waals surface area contributed by atoms with Gasteiger partial charge < -0.3 is 4.90 Å². The van der Waals surface area contributed by atoms with E-state index in [1.165, 1.54) is 11.0 Å². The van der Waals surface area contributed by atoms with Crippen molar-refractivity contribution >= 4 is 33.0 Å². The maximum Gasteiger partial charge on any atom is 0.242 e. The van der Waals surface area contributed by atoms with Crippen molar-refractivity contribution < 1.29 is 17.6 Å². The van der Waals surface area contributed by atoms with E-state index in [1.54, 1.807) is 0 Å². The number of sulfone groups is 1. The normalized spacial score (nSPS) is 13.8. The standard InChI is InChI=1S/C17H15ClFNO3S/c18-15-9-14(19)6-5-13(15)10-24(22,23)11-17(21)20-8-7-12-3-1-2-4-16(12)20/h1-6,9H,7-8,10-11H2. The minimum Gasteiger partial charge on any atom is -0.311 e. The number of halogens is 2. The molecule has 1 heterocycles. The number of nitrogens with zero attached hydrogens (tertiary/aromatic N) is 1. The SMILES string of the molecule is O=C(CS(=O)(=O)Cc1ccc(F)cc1Cl)N1CCc2ccccc21. The first kappa shape index (κ1) is 16.9. The molecule has 0 atom stereocenters. The third-order valence-corrected chi connectivity index (χ3v) is 5.71. The van der Waals surface area contributed by atoms with Crippen molar-refractivity contribution in [3.05, 3.63) is 64.4 Å². The second kappa shape index (κ2) is 6.53. The van der Waals surface area contributed by atoms with Crippen molar-refractivity contribution in [1.29, 1.82) is 0 Å². The molecule has 2 aromatic carbocycles. The Hall–Kier alpha value is -1.92. The van der Waals surface area contributed by atoms with Crippen LogP contribution >= 0.6 is 11.6 Å². The van der Waals surface area contributed by atoms with E-state index < -0.39 is 33.1 Å². The summed E-state index contributed by atoms with van der Waals surface area (Å²) in [5, 5.41) is 0.0394. The van der Waals surface area contributed by atoms with Gasteiger partial charge in [0.05, 0.1) is 5.75 Å². The topological polar surface area (TPSA) is 54.5 Å². The molecule has 7 heteroatoms. The van der Waals surface area contributed by atoms with E-state index in [2.05, 4.69) is 0 Å². The molecule has 2 aromatic rings. The van der Waals surface area contributed by atoms with Crippen molar-refractivity contribution in [3.63, 3.8) is 0 Å². The maximum atomic E-state index is 13.0. The van der Waals surface area contributed by atoms with Crippen molar-refractivity contribution in [2.45, 2.75) is 12.2 Å². The Kier molecular flexibility index (Phi) is 4.60. The average Bonchev–Trinajstić information content (AvgIpc) is 2.94. The first-order valence-corrected chi connectivity index (χ1v) is 9.58. The molecular formula is C17H15ClFNO3S. The van der Waals surface area contributed by atoms with Gasteiger partial charge in [0.2, 0.25) is 5.91 Å². The Bertz CT molecular complexity index is 898. The highest BCUT2D eigenvalue weighted by atomic mass is 35.5. The van der Waals surface area contributed by atoms with Crippen LogP contribution in [-0.2, 0) is 26.8 Å². The summed E-state index contributed by atoms with van der Waals surface area (Å²) in [5.74, 6) is -1.99. The lowest BCUT2D eigenvalue weighted by molar-refractivity contribution is -0.116. The van der Waals surface area contributed by atoms with E-state index in [1.807, 2.05) is 24.3 Å². The van der Waals surface area contributed by atoms with Crippen LogP contribution in [0.1, 0.15) is 11.1 Å². The van der Waals surface area contributed by atoms with Gasteiger partial charge in [0.15, 0.2) is 9.84 Å². The fraction of sp³-hybridized carbons (Fsp3) is 0.235. The number of amides is 1. The minimum absolute atomic E-state index is 0.0394. The Morgan fingerprint density at radius 1 is 1.21 bits per heavy atom. The fourth-order valence-electron chi connectivity index (χ4n) is 2.79. The first-order valence-electron chi connectivity index (χ1n) is 7.38. The third kappa shape index (κ3) is 3.60. The van der Waals surface area contributed by atoms with Crippen molar-refractivity contribution in [2.24, 2.45) is 0 Å². The van der Waals surface area contributed by atoms with E-state index >= 15 is 0 Å². The Labute approximate surface area is 144 Å². The molecule has 0 bridgehead atoms. The van der Waals surface area contributed by atoms with Crippen molar-refractivity contribution in [2.75, 3.05) is 17.2 Å². The van der Waals surface area contributed by atoms with Crippen LogP contribution in [0.3, 0.4) is 0 Å². The molecule has 0 fully saturated rings. The summed E-state index contributed by atoms with van der Waals surface area (Å²) in [5.41, 5.74) is 2.08. The number of hydrogen-bond donors (Lipinski definition) is 0. The Morgan fingerprint density at radius 2 is 1.96 bits per heavy atom. The molecule has 0 N–H and O–H groups in total. The quantitative estimate of drug-likeness (QED) is 0.834. The summed E-state index contributed by atoms with van der Waals surface area (Å²) in [7, 11) is -3.71. The summed E-state index contributed by atoms with van der Waals surface area (Å²) in [6.45, 7) is 0.477. The number of fused-ring (bicyclic) bond motifs is 1. The van der Waals surface area contributed by atoms with Gasteiger partial charge in [-0.2, -0.15) is 0 Å². The lowest BCUT2D eigenvalue weighted by Gasteiger charge is -2.17. The number of benzene rings is 2. The van der Waals surface area contributed by atoms with Crippen molar-refractivity contribution in [1.82, 2.24) is 0 Å². The number of rotatable bonds is 4. The van der Waals surface area contributed by atoms with Crippen LogP contribution in [0.2, 0.25) is 5.02 Å². The van der Waals surface area contributed by atoms with Gasteiger partial charge in [0.25, 0.3) is 0 Å². The van der Waals surface area contributed by atoms with E-state index in [4.69, 9.17) is 11.6 Å². The van der Waals surface area contributed by atoms with Crippen molar-refractivity contribution in [3.8, 4) is 0 Å². The molecule has 24 heavy (non-hydrogen) atoms. The second-order valence-electron chi connectivity index (χ2n) is 5.69. The molecule has 126 valence electrons. The zero-order chi connectivity index (χ0) is 17.3. The molecule has 0 saturated heterocycles. The zero-order valence-corrected chi connectivity index (χ0v) is 14.3. The number of carbonyl (C=O) groups is 1. The fourth-order valence-corrected chi connectivity index (χ4v) is 4.46. The molecule has 0 aromatic heterocycles. The van der Waals surface area contributed by atoms with Gasteiger partial charge in [0.1, 0.15) is 11.6 Å². The molecule has 1 aliphatic heterocycles. The van der Waals surface area contributed by atoms with E-state index in [-0.39, 0.29) is 10.6 Å². The predicted octanol–water partition coefficient (Wildman–Crippen LogP) is 2.98. The van der Waals surface area contributed by atoms with E-state index in [0.717, 1.165) is 23.4 Å². The van der Waals surface area contributed by atoms with Crippen LogP contribution in [0.5, 0.6) is 0 Å². The maximum absolute atomic E-state index is 13.0. The Balaban J connectivity index is 1.74. The minimum atomic E-state index is -3.71. The van der Waals surface area contributed by atoms with Gasteiger partial charge in [-0.15, -0.1) is 0 Å². The van der Waals surface area contributed by atoms with Crippen LogP contribution in [0.15, 0.2) is 42.5 Å². The van der Waals surface area contributed by atoms with Crippen LogP contribution in [0.4, 0.5) is 10.1 Å². The number of para-hydroxylation sites is 1. The molecule has 3 rings (SSSR count). The van der Waals surface area contributed by atoms with Gasteiger partial charge in [-0.05, 0) is 35.7 Å². The zero-order valence-electron chi connectivity index (χ0n) is 12.7. The summed E-state index contributed by atoms with van der Waals surface area (Å²) >= 11 is 5.87. The highest BCUT2D eigenvalue weighted by Gasteiger charge is 2.28. The smallest absolute Gasteiger partial charge is 0.242 e. The number of anilines is 1. The Morgan fingerprint density at radius 3 is 2.71 bits per heavy atom.